The molecule has 0 aromatic carbocycles. The zero-order valence-electron chi connectivity index (χ0n) is 15.6. The Bertz CT molecular complexity index is 741. The fourth-order valence-electron chi connectivity index (χ4n) is 4.07. The third-order valence-corrected chi connectivity index (χ3v) is 8.42. The summed E-state index contributed by atoms with van der Waals surface area (Å²) in [5.41, 5.74) is 0. The van der Waals surface area contributed by atoms with Gasteiger partial charge >= 0.3 is 6.03 Å². The van der Waals surface area contributed by atoms with E-state index in [1.54, 1.807) is 4.31 Å². The number of halogens is 1. The third-order valence-electron chi connectivity index (χ3n) is 5.32. The van der Waals surface area contributed by atoms with E-state index in [0.29, 0.717) is 41.8 Å². The average molecular weight is 435 g/mol. The molecular formula is C17H27ClN4O3S2. The summed E-state index contributed by atoms with van der Waals surface area (Å²) in [5.74, 6) is 0.190. The van der Waals surface area contributed by atoms with Gasteiger partial charge in [-0.15, -0.1) is 0 Å². The van der Waals surface area contributed by atoms with Gasteiger partial charge in [-0.3, -0.25) is 5.32 Å². The van der Waals surface area contributed by atoms with E-state index >= 15 is 0 Å². The smallest absolute Gasteiger partial charge is 0.318 e. The van der Waals surface area contributed by atoms with Crippen LogP contribution >= 0.6 is 22.9 Å². The van der Waals surface area contributed by atoms with Gasteiger partial charge in [0.05, 0.1) is 11.9 Å². The zero-order valence-corrected chi connectivity index (χ0v) is 18.0. The van der Waals surface area contributed by atoms with E-state index in [1.165, 1.54) is 17.5 Å². The van der Waals surface area contributed by atoms with Crippen LogP contribution in [0.25, 0.3) is 0 Å². The average Bonchev–Trinajstić information content (AvgIpc) is 3.28. The number of nitrogens with one attached hydrogen (secondary N) is 1. The highest BCUT2D eigenvalue weighted by Gasteiger charge is 2.36. The molecule has 1 aliphatic heterocycles. The molecule has 27 heavy (non-hydrogen) atoms. The van der Waals surface area contributed by atoms with Crippen molar-refractivity contribution < 1.29 is 13.2 Å². The summed E-state index contributed by atoms with van der Waals surface area (Å²) < 4.78 is 26.7. The van der Waals surface area contributed by atoms with Gasteiger partial charge < -0.3 is 4.90 Å². The second-order valence-electron chi connectivity index (χ2n) is 7.19. The van der Waals surface area contributed by atoms with E-state index in [-0.39, 0.29) is 23.9 Å². The molecule has 1 aromatic rings. The Morgan fingerprint density at radius 3 is 2.48 bits per heavy atom. The molecule has 0 radical (unpaired) electrons. The Kier molecular flexibility index (Phi) is 6.99. The maximum atomic E-state index is 13.0. The fourth-order valence-corrected chi connectivity index (χ4v) is 6.41. The van der Waals surface area contributed by atoms with Crippen molar-refractivity contribution in [2.24, 2.45) is 0 Å². The molecule has 1 aliphatic carbocycles. The number of nitrogens with zero attached hydrogens (tertiary/aromatic N) is 3. The SMILES string of the molecule is CCCS(=O)(=O)N1CCC(N(C(=O)Nc2ncc(Cl)s2)C2CCCC2)CC1. The number of thiazole rings is 1. The molecule has 1 N–H and O–H groups in total. The summed E-state index contributed by atoms with van der Waals surface area (Å²) in [6.07, 6.45) is 7.74. The van der Waals surface area contributed by atoms with Gasteiger partial charge in [-0.2, -0.15) is 0 Å². The Morgan fingerprint density at radius 1 is 1.30 bits per heavy atom. The van der Waals surface area contributed by atoms with Crippen LogP contribution in [0.5, 0.6) is 0 Å². The topological polar surface area (TPSA) is 82.6 Å². The van der Waals surface area contributed by atoms with Crippen LogP contribution in [0.15, 0.2) is 6.20 Å². The van der Waals surface area contributed by atoms with Crippen molar-refractivity contribution >= 4 is 44.1 Å². The minimum atomic E-state index is -3.18. The van der Waals surface area contributed by atoms with Crippen molar-refractivity contribution in [1.29, 1.82) is 0 Å². The lowest BCUT2D eigenvalue weighted by molar-refractivity contribution is 0.125. The standard InChI is InChI=1S/C17H27ClN4O3S2/c1-2-11-27(24,25)21-9-7-14(8-10-21)22(13-5-3-4-6-13)17(23)20-16-19-12-15(18)26-16/h12-14H,2-11H2,1H3,(H,19,20,23). The summed E-state index contributed by atoms with van der Waals surface area (Å²) >= 11 is 7.15. The van der Waals surface area contributed by atoms with E-state index in [1.807, 2.05) is 11.8 Å². The Morgan fingerprint density at radius 2 is 1.93 bits per heavy atom. The van der Waals surface area contributed by atoms with Crippen molar-refractivity contribution in [3.63, 3.8) is 0 Å². The monoisotopic (exact) mass is 434 g/mol. The summed E-state index contributed by atoms with van der Waals surface area (Å²) in [7, 11) is -3.18. The number of aromatic nitrogens is 1. The molecule has 2 amide bonds. The minimum Gasteiger partial charge on any atom is -0.318 e. The molecule has 10 heteroatoms. The number of carbonyl (C=O) groups is 1. The molecule has 2 fully saturated rings. The van der Waals surface area contributed by atoms with Gasteiger partial charge in [0.15, 0.2) is 5.13 Å². The fraction of sp³-hybridized carbons (Fsp3) is 0.765. The lowest BCUT2D eigenvalue weighted by atomic mass is 10.0. The van der Waals surface area contributed by atoms with E-state index in [9.17, 15) is 13.2 Å². The molecule has 0 unspecified atom stereocenters. The molecule has 0 atom stereocenters. The molecule has 0 spiro atoms. The molecule has 152 valence electrons. The van der Waals surface area contributed by atoms with Crippen LogP contribution in [0.2, 0.25) is 4.34 Å². The Balaban J connectivity index is 1.68. The molecule has 2 aliphatic rings. The molecular weight excluding hydrogens is 408 g/mol. The summed E-state index contributed by atoms with van der Waals surface area (Å²) in [6, 6.07) is 0.114. The molecule has 7 nitrogen and oxygen atoms in total. The highest BCUT2D eigenvalue weighted by Crippen LogP contribution is 2.31. The number of sulfonamides is 1. The zero-order chi connectivity index (χ0) is 19.4. The third kappa shape index (κ3) is 5.13. The number of amides is 2. The minimum absolute atomic E-state index is 0.0524. The first-order valence-electron chi connectivity index (χ1n) is 9.59. The molecule has 1 saturated carbocycles. The van der Waals surface area contributed by atoms with Crippen molar-refractivity contribution in [3.05, 3.63) is 10.5 Å². The second kappa shape index (κ2) is 9.07. The maximum Gasteiger partial charge on any atom is 0.324 e. The molecule has 0 bridgehead atoms. The van der Waals surface area contributed by atoms with Gasteiger partial charge in [0.2, 0.25) is 10.0 Å². The summed E-state index contributed by atoms with van der Waals surface area (Å²) in [5, 5.41) is 3.37. The molecule has 1 aromatic heterocycles. The molecule has 2 heterocycles. The predicted molar refractivity (Wildman–Crippen MR) is 109 cm³/mol. The van der Waals surface area contributed by atoms with Crippen molar-refractivity contribution in [3.8, 4) is 0 Å². The first-order valence-corrected chi connectivity index (χ1v) is 12.4. The van der Waals surface area contributed by atoms with Crippen molar-refractivity contribution in [1.82, 2.24) is 14.2 Å². The summed E-state index contributed by atoms with van der Waals surface area (Å²) in [4.78, 5) is 19.1. The predicted octanol–water partition coefficient (Wildman–Crippen LogP) is 3.78. The van der Waals surface area contributed by atoms with Gasteiger partial charge in [0.25, 0.3) is 0 Å². The lowest BCUT2D eigenvalue weighted by Crippen LogP contribution is -2.53. The van der Waals surface area contributed by atoms with Crippen LogP contribution in [0.4, 0.5) is 9.93 Å². The normalized spacial score (nSPS) is 20.1. The maximum absolute atomic E-state index is 13.0. The van der Waals surface area contributed by atoms with E-state index in [2.05, 4.69) is 10.3 Å². The van der Waals surface area contributed by atoms with E-state index in [4.69, 9.17) is 11.6 Å². The quantitative estimate of drug-likeness (QED) is 0.738. The number of rotatable bonds is 6. The summed E-state index contributed by atoms with van der Waals surface area (Å²) in [6.45, 7) is 2.83. The second-order valence-corrected chi connectivity index (χ2v) is 10.9. The first-order chi connectivity index (χ1) is 12.9. The largest absolute Gasteiger partial charge is 0.324 e. The number of carbonyl (C=O) groups excluding carboxylic acids is 1. The first kappa shape index (κ1) is 20.8. The number of hydrogen-bond donors (Lipinski definition) is 1. The van der Waals surface area contributed by atoms with E-state index in [0.717, 1.165) is 25.7 Å². The molecule has 3 rings (SSSR count). The number of urea groups is 1. The number of anilines is 1. The highest BCUT2D eigenvalue weighted by atomic mass is 35.5. The Labute approximate surface area is 170 Å². The highest BCUT2D eigenvalue weighted by molar-refractivity contribution is 7.89. The van der Waals surface area contributed by atoms with Gasteiger partial charge in [0, 0.05) is 25.2 Å². The van der Waals surface area contributed by atoms with Crippen LogP contribution in [-0.2, 0) is 10.0 Å². The van der Waals surface area contributed by atoms with Crippen LogP contribution < -0.4 is 5.32 Å². The van der Waals surface area contributed by atoms with Crippen LogP contribution in [0, 0.1) is 0 Å². The number of piperidine rings is 1. The van der Waals surface area contributed by atoms with Crippen molar-refractivity contribution in [2.75, 3.05) is 24.2 Å². The van der Waals surface area contributed by atoms with Gasteiger partial charge in [0.1, 0.15) is 4.34 Å². The van der Waals surface area contributed by atoms with Crippen LogP contribution in [0.3, 0.4) is 0 Å². The van der Waals surface area contributed by atoms with E-state index < -0.39 is 10.0 Å². The number of hydrogen-bond acceptors (Lipinski definition) is 5. The van der Waals surface area contributed by atoms with Crippen LogP contribution in [-0.4, -0.2) is 59.6 Å². The lowest BCUT2D eigenvalue weighted by Gasteiger charge is -2.40. The molecule has 1 saturated heterocycles. The van der Waals surface area contributed by atoms with Gasteiger partial charge in [-0.1, -0.05) is 42.7 Å². The van der Waals surface area contributed by atoms with Gasteiger partial charge in [-0.05, 0) is 32.1 Å². The van der Waals surface area contributed by atoms with Crippen molar-refractivity contribution in [2.45, 2.75) is 64.0 Å². The van der Waals surface area contributed by atoms with Crippen LogP contribution in [0.1, 0.15) is 51.9 Å². The van der Waals surface area contributed by atoms with Gasteiger partial charge in [-0.25, -0.2) is 22.5 Å². The Hall–Kier alpha value is -0.900.